The van der Waals surface area contributed by atoms with E-state index in [-0.39, 0.29) is 19.0 Å². The summed E-state index contributed by atoms with van der Waals surface area (Å²) in [7, 11) is 0. The largest absolute Gasteiger partial charge is 0.479 e. The predicted molar refractivity (Wildman–Crippen MR) is 145 cm³/mol. The van der Waals surface area contributed by atoms with Gasteiger partial charge in [0.25, 0.3) is 5.91 Å². The van der Waals surface area contributed by atoms with Crippen LogP contribution in [-0.2, 0) is 28.9 Å². The number of carbonyl (C=O) groups excluding carboxylic acids is 1. The van der Waals surface area contributed by atoms with E-state index in [9.17, 15) is 22.8 Å². The first-order chi connectivity index (χ1) is 18.7. The number of halogens is 3. The number of hydrogen-bond donors (Lipinski definition) is 2. The Labute approximate surface area is 229 Å². The van der Waals surface area contributed by atoms with Gasteiger partial charge in [-0.2, -0.15) is 18.2 Å². The highest BCUT2D eigenvalue weighted by atomic mass is 19.4. The van der Waals surface area contributed by atoms with Gasteiger partial charge in [-0.15, -0.1) is 0 Å². The van der Waals surface area contributed by atoms with Gasteiger partial charge in [0.1, 0.15) is 0 Å². The van der Waals surface area contributed by atoms with Gasteiger partial charge in [-0.25, -0.2) is 4.79 Å². The lowest BCUT2D eigenvalue weighted by atomic mass is 10.1. The first-order valence-electron chi connectivity index (χ1n) is 13.8. The van der Waals surface area contributed by atoms with Crippen LogP contribution in [0.3, 0.4) is 0 Å². The Kier molecular flexibility index (Phi) is 14.6. The Bertz CT molecular complexity index is 1010. The second-order valence-electron chi connectivity index (χ2n) is 9.80. The van der Waals surface area contributed by atoms with Gasteiger partial charge in [0, 0.05) is 25.2 Å². The van der Waals surface area contributed by atoms with Gasteiger partial charge in [0.05, 0.1) is 5.56 Å². The number of benzene rings is 2. The first kappa shape index (κ1) is 32.3. The summed E-state index contributed by atoms with van der Waals surface area (Å²) in [5, 5.41) is 13.2. The van der Waals surface area contributed by atoms with Crippen molar-refractivity contribution in [3.8, 4) is 0 Å². The van der Waals surface area contributed by atoms with E-state index in [0.717, 1.165) is 31.4 Å². The van der Waals surface area contributed by atoms with Crippen LogP contribution in [-0.4, -0.2) is 35.2 Å². The summed E-state index contributed by atoms with van der Waals surface area (Å²) in [5.74, 6) is -1.41. The van der Waals surface area contributed by atoms with E-state index in [1.165, 1.54) is 62.1 Å². The zero-order valence-electron chi connectivity index (χ0n) is 22.8. The third-order valence-electron chi connectivity index (χ3n) is 6.35. The molecule has 0 spiro atoms. The summed E-state index contributed by atoms with van der Waals surface area (Å²) in [6.45, 7) is 2.19. The van der Waals surface area contributed by atoms with Crippen molar-refractivity contribution < 1.29 is 32.7 Å². The molecule has 1 amide bonds. The maximum atomic E-state index is 13.1. The van der Waals surface area contributed by atoms with Crippen LogP contribution < -0.4 is 5.32 Å². The van der Waals surface area contributed by atoms with E-state index in [0.29, 0.717) is 23.2 Å². The molecule has 0 heterocycles. The molecule has 2 N–H and O–H groups in total. The minimum absolute atomic E-state index is 0.0631. The van der Waals surface area contributed by atoms with Gasteiger partial charge in [-0.05, 0) is 35.7 Å². The monoisotopic (exact) mass is 550 g/mol. The van der Waals surface area contributed by atoms with Crippen LogP contribution in [0, 0.1) is 0 Å². The smallest absolute Gasteiger partial charge is 0.416 e. The zero-order valence-corrected chi connectivity index (χ0v) is 22.8. The molecule has 0 saturated heterocycles. The molecule has 0 aliphatic heterocycles. The Balaban J connectivity index is 1.85. The summed E-state index contributed by atoms with van der Waals surface area (Å²) in [4.78, 5) is 29.0. The lowest BCUT2D eigenvalue weighted by Crippen LogP contribution is -2.27. The molecule has 0 atom stereocenters. The number of carboxylic acids is 1. The van der Waals surface area contributed by atoms with Crippen molar-refractivity contribution in [3.63, 3.8) is 0 Å². The molecular formula is C30H41F3N2O4. The van der Waals surface area contributed by atoms with Gasteiger partial charge in [-0.3, -0.25) is 9.63 Å². The van der Waals surface area contributed by atoms with Gasteiger partial charge in [0.2, 0.25) is 0 Å². The molecule has 0 radical (unpaired) electrons. The number of aliphatic carboxylic acids is 1. The number of hydroxylamine groups is 2. The van der Waals surface area contributed by atoms with Crippen LogP contribution in [0.25, 0.3) is 0 Å². The van der Waals surface area contributed by atoms with Crippen LogP contribution in [0.5, 0.6) is 0 Å². The molecule has 0 aliphatic carbocycles. The van der Waals surface area contributed by atoms with Gasteiger partial charge >= 0.3 is 12.1 Å². The van der Waals surface area contributed by atoms with Crippen LogP contribution in [0.1, 0.15) is 98.2 Å². The van der Waals surface area contributed by atoms with Crippen molar-refractivity contribution >= 4 is 11.9 Å². The van der Waals surface area contributed by atoms with Gasteiger partial charge in [-0.1, -0.05) is 95.0 Å². The summed E-state index contributed by atoms with van der Waals surface area (Å²) in [6, 6.07) is 11.6. The van der Waals surface area contributed by atoms with Crippen LogP contribution >= 0.6 is 0 Å². The molecule has 2 rings (SSSR count). The molecule has 39 heavy (non-hydrogen) atoms. The second-order valence-corrected chi connectivity index (χ2v) is 9.80. The van der Waals surface area contributed by atoms with E-state index in [1.54, 1.807) is 24.3 Å². The molecule has 0 bridgehead atoms. The highest BCUT2D eigenvalue weighted by molar-refractivity contribution is 5.94. The van der Waals surface area contributed by atoms with Crippen molar-refractivity contribution in [1.82, 2.24) is 10.4 Å². The summed E-state index contributed by atoms with van der Waals surface area (Å²) in [6.07, 6.45) is 7.67. The molecular weight excluding hydrogens is 509 g/mol. The van der Waals surface area contributed by atoms with Crippen molar-refractivity contribution in [2.75, 3.05) is 13.2 Å². The summed E-state index contributed by atoms with van der Waals surface area (Å²) in [5.41, 5.74) is 0.649. The van der Waals surface area contributed by atoms with E-state index in [4.69, 9.17) is 9.94 Å². The van der Waals surface area contributed by atoms with Gasteiger partial charge < -0.3 is 10.4 Å². The molecule has 0 saturated carbocycles. The number of amides is 1. The third kappa shape index (κ3) is 13.6. The van der Waals surface area contributed by atoms with Gasteiger partial charge in [0.15, 0.2) is 6.61 Å². The van der Waals surface area contributed by atoms with Crippen LogP contribution in [0.15, 0.2) is 48.5 Å². The topological polar surface area (TPSA) is 78.9 Å². The van der Waals surface area contributed by atoms with Crippen molar-refractivity contribution in [1.29, 1.82) is 0 Å². The molecule has 216 valence electrons. The molecule has 2 aromatic carbocycles. The van der Waals surface area contributed by atoms with E-state index in [1.807, 2.05) is 0 Å². The Morgan fingerprint density at radius 1 is 0.846 bits per heavy atom. The van der Waals surface area contributed by atoms with E-state index in [2.05, 4.69) is 12.2 Å². The lowest BCUT2D eigenvalue weighted by molar-refractivity contribution is -0.190. The standard InChI is InChI=1S/C30H41F3N2O4/c1-2-3-4-5-6-7-8-9-10-11-18-34-29(38)26-16-12-14-24(19-26)21-35(39-23-28(36)37)22-25-15-13-17-27(20-25)30(31,32)33/h12-17,19-20H,2-11,18,21-23H2,1H3,(H,34,38)(H,36,37). The number of nitrogens with one attached hydrogen (secondary N) is 1. The molecule has 6 nitrogen and oxygen atoms in total. The predicted octanol–water partition coefficient (Wildman–Crippen LogP) is 7.37. The number of unbranched alkanes of at least 4 members (excludes halogenated alkanes) is 9. The highest BCUT2D eigenvalue weighted by Gasteiger charge is 2.30. The Morgan fingerprint density at radius 3 is 2.00 bits per heavy atom. The minimum Gasteiger partial charge on any atom is -0.479 e. The van der Waals surface area contributed by atoms with Crippen molar-refractivity contribution in [3.05, 3.63) is 70.8 Å². The molecule has 9 heteroatoms. The van der Waals surface area contributed by atoms with Crippen LogP contribution in [0.2, 0.25) is 0 Å². The SMILES string of the molecule is CCCCCCCCCCCCNC(=O)c1cccc(CN(Cc2cccc(C(F)(F)F)c2)OCC(=O)O)c1. The molecule has 0 aliphatic rings. The molecule has 0 fully saturated rings. The summed E-state index contributed by atoms with van der Waals surface area (Å²) < 4.78 is 39.3. The lowest BCUT2D eigenvalue weighted by Gasteiger charge is -2.22. The fourth-order valence-electron chi connectivity index (χ4n) is 4.27. The van der Waals surface area contributed by atoms with Crippen LogP contribution in [0.4, 0.5) is 13.2 Å². The minimum atomic E-state index is -4.49. The number of hydrogen-bond acceptors (Lipinski definition) is 4. The number of nitrogens with zero attached hydrogens (tertiary/aromatic N) is 1. The fraction of sp³-hybridized carbons (Fsp3) is 0.533. The Hall–Kier alpha value is -2.91. The third-order valence-corrected chi connectivity index (χ3v) is 6.35. The molecule has 0 unspecified atom stereocenters. The maximum Gasteiger partial charge on any atom is 0.416 e. The Morgan fingerprint density at radius 2 is 1.41 bits per heavy atom. The maximum absolute atomic E-state index is 13.1. The highest BCUT2D eigenvalue weighted by Crippen LogP contribution is 2.30. The normalized spacial score (nSPS) is 11.6. The quantitative estimate of drug-likeness (QED) is 0.141. The second kappa shape index (κ2) is 17.6. The first-order valence-corrected chi connectivity index (χ1v) is 13.8. The average molecular weight is 551 g/mol. The van der Waals surface area contributed by atoms with Crippen molar-refractivity contribution in [2.45, 2.75) is 90.4 Å². The fourth-order valence-corrected chi connectivity index (χ4v) is 4.27. The van der Waals surface area contributed by atoms with Crippen molar-refractivity contribution in [2.24, 2.45) is 0 Å². The zero-order chi connectivity index (χ0) is 28.5. The molecule has 0 aromatic heterocycles. The molecule has 2 aromatic rings. The number of carbonyl (C=O) groups is 2. The average Bonchev–Trinajstić information content (AvgIpc) is 2.90. The number of rotatable bonds is 19. The summed E-state index contributed by atoms with van der Waals surface area (Å²) >= 11 is 0. The number of alkyl halides is 3. The number of carboxylic acid groups (broad SMARTS) is 1. The van der Waals surface area contributed by atoms with E-state index >= 15 is 0 Å². The van der Waals surface area contributed by atoms with E-state index < -0.39 is 24.3 Å².